The first-order valence-electron chi connectivity index (χ1n) is 6.70. The first-order chi connectivity index (χ1) is 8.53. The molecular formula is C11H24N4O2S. The monoisotopic (exact) mass is 276 g/mol. The molecule has 0 aliphatic carbocycles. The van der Waals surface area contributed by atoms with Crippen LogP contribution in [0.3, 0.4) is 0 Å². The number of hydrogen-bond acceptors (Lipinski definition) is 4. The van der Waals surface area contributed by atoms with Gasteiger partial charge in [-0.15, -0.1) is 0 Å². The average molecular weight is 276 g/mol. The largest absolute Gasteiger partial charge is 0.329 e. The molecule has 2 fully saturated rings. The molecule has 6 nitrogen and oxygen atoms in total. The van der Waals surface area contributed by atoms with E-state index in [1.54, 1.807) is 4.31 Å². The highest BCUT2D eigenvalue weighted by molar-refractivity contribution is 7.87. The minimum absolute atomic E-state index is 0.0321. The van der Waals surface area contributed by atoms with E-state index in [-0.39, 0.29) is 12.1 Å². The smallest absolute Gasteiger partial charge is 0.280 e. The van der Waals surface area contributed by atoms with E-state index in [9.17, 15) is 8.42 Å². The topological polar surface area (TPSA) is 78.7 Å². The summed E-state index contributed by atoms with van der Waals surface area (Å²) in [7, 11) is -1.36. The first kappa shape index (κ1) is 14.2. The van der Waals surface area contributed by atoms with Crippen molar-refractivity contribution >= 4 is 10.2 Å². The highest BCUT2D eigenvalue weighted by Gasteiger charge is 2.34. The van der Waals surface area contributed by atoms with Crippen LogP contribution in [0.5, 0.6) is 0 Å². The van der Waals surface area contributed by atoms with Gasteiger partial charge in [0.2, 0.25) is 0 Å². The lowest BCUT2D eigenvalue weighted by Gasteiger charge is -2.34. The highest BCUT2D eigenvalue weighted by Crippen LogP contribution is 2.20. The molecule has 2 rings (SSSR count). The number of piperidine rings is 1. The molecule has 106 valence electrons. The quantitative estimate of drug-likeness (QED) is 0.714. The van der Waals surface area contributed by atoms with Gasteiger partial charge in [-0.05, 0) is 32.9 Å². The van der Waals surface area contributed by atoms with Gasteiger partial charge in [-0.25, -0.2) is 0 Å². The zero-order valence-corrected chi connectivity index (χ0v) is 11.8. The number of nitrogens with two attached hydrogens (primary N) is 1. The van der Waals surface area contributed by atoms with Crippen LogP contribution in [-0.2, 0) is 10.2 Å². The molecule has 2 heterocycles. The van der Waals surface area contributed by atoms with Crippen LogP contribution in [0.25, 0.3) is 0 Å². The summed E-state index contributed by atoms with van der Waals surface area (Å²) in [5.41, 5.74) is 5.68. The molecule has 3 N–H and O–H groups in total. The molecule has 0 bridgehead atoms. The van der Waals surface area contributed by atoms with Crippen LogP contribution in [0, 0.1) is 0 Å². The highest BCUT2D eigenvalue weighted by atomic mass is 32.2. The SMILES string of the molecule is CN1CCC(NS(=O)(=O)N2CCCCC2CN)C1. The van der Waals surface area contributed by atoms with E-state index in [1.807, 2.05) is 7.05 Å². The third-order valence-corrected chi connectivity index (χ3v) is 5.59. The zero-order chi connectivity index (χ0) is 13.2. The maximum atomic E-state index is 12.4. The third kappa shape index (κ3) is 3.21. The fourth-order valence-corrected chi connectivity index (χ4v) is 4.54. The van der Waals surface area contributed by atoms with Crippen molar-refractivity contribution < 1.29 is 8.42 Å². The van der Waals surface area contributed by atoms with Gasteiger partial charge in [0.1, 0.15) is 0 Å². The fraction of sp³-hybridized carbons (Fsp3) is 1.00. The molecule has 0 aromatic carbocycles. The van der Waals surface area contributed by atoms with Gasteiger partial charge in [0, 0.05) is 31.7 Å². The van der Waals surface area contributed by atoms with Crippen LogP contribution in [0.4, 0.5) is 0 Å². The molecule has 2 unspecified atom stereocenters. The normalized spacial score (nSPS) is 31.9. The Hall–Kier alpha value is -0.210. The second-order valence-corrected chi connectivity index (χ2v) is 7.02. The van der Waals surface area contributed by atoms with E-state index in [0.29, 0.717) is 13.1 Å². The number of nitrogens with zero attached hydrogens (tertiary/aromatic N) is 2. The molecule has 2 saturated heterocycles. The van der Waals surface area contributed by atoms with Gasteiger partial charge in [0.15, 0.2) is 0 Å². The molecule has 0 amide bonds. The molecule has 2 aliphatic rings. The molecule has 0 aromatic heterocycles. The molecule has 0 spiro atoms. The van der Waals surface area contributed by atoms with Crippen molar-refractivity contribution in [3.8, 4) is 0 Å². The number of likely N-dealkylation sites (N-methyl/N-ethyl adjacent to an activating group) is 1. The van der Waals surface area contributed by atoms with Crippen molar-refractivity contribution in [2.45, 2.75) is 37.8 Å². The summed E-state index contributed by atoms with van der Waals surface area (Å²) < 4.78 is 29.1. The fourth-order valence-electron chi connectivity index (χ4n) is 2.84. The third-order valence-electron chi connectivity index (χ3n) is 3.86. The molecular weight excluding hydrogens is 252 g/mol. The Morgan fingerprint density at radius 1 is 1.28 bits per heavy atom. The lowest BCUT2D eigenvalue weighted by atomic mass is 10.1. The predicted molar refractivity (Wildman–Crippen MR) is 71.4 cm³/mol. The number of nitrogens with one attached hydrogen (secondary N) is 1. The summed E-state index contributed by atoms with van der Waals surface area (Å²) in [5, 5.41) is 0. The van der Waals surface area contributed by atoms with Gasteiger partial charge in [-0.2, -0.15) is 17.4 Å². The van der Waals surface area contributed by atoms with E-state index in [0.717, 1.165) is 38.8 Å². The Kier molecular flexibility index (Phi) is 4.60. The van der Waals surface area contributed by atoms with Crippen molar-refractivity contribution in [3.05, 3.63) is 0 Å². The Morgan fingerprint density at radius 2 is 2.06 bits per heavy atom. The van der Waals surface area contributed by atoms with E-state index in [2.05, 4.69) is 9.62 Å². The Labute approximate surface area is 110 Å². The summed E-state index contributed by atoms with van der Waals surface area (Å²) >= 11 is 0. The maximum absolute atomic E-state index is 12.4. The summed E-state index contributed by atoms with van der Waals surface area (Å²) in [5.74, 6) is 0. The van der Waals surface area contributed by atoms with Crippen LogP contribution >= 0.6 is 0 Å². The van der Waals surface area contributed by atoms with Crippen molar-refractivity contribution in [1.82, 2.24) is 13.9 Å². The summed E-state index contributed by atoms with van der Waals surface area (Å²) in [6.07, 6.45) is 3.76. The van der Waals surface area contributed by atoms with Crippen LogP contribution in [0.1, 0.15) is 25.7 Å². The van der Waals surface area contributed by atoms with Crippen molar-refractivity contribution in [2.75, 3.05) is 33.2 Å². The van der Waals surface area contributed by atoms with Gasteiger partial charge in [-0.1, -0.05) is 6.42 Å². The number of rotatable bonds is 4. The van der Waals surface area contributed by atoms with E-state index in [1.165, 1.54) is 0 Å². The molecule has 18 heavy (non-hydrogen) atoms. The minimum Gasteiger partial charge on any atom is -0.329 e. The molecule has 0 saturated carbocycles. The summed E-state index contributed by atoms with van der Waals surface area (Å²) in [6, 6.07) is 0.00994. The van der Waals surface area contributed by atoms with Crippen LogP contribution in [0.2, 0.25) is 0 Å². The standard InChI is InChI=1S/C11H24N4O2S/c1-14-7-5-10(9-14)13-18(16,17)15-6-3-2-4-11(15)8-12/h10-11,13H,2-9,12H2,1H3. The van der Waals surface area contributed by atoms with Crippen LogP contribution in [-0.4, -0.2) is 62.9 Å². The van der Waals surface area contributed by atoms with Crippen molar-refractivity contribution in [3.63, 3.8) is 0 Å². The van der Waals surface area contributed by atoms with Gasteiger partial charge in [-0.3, -0.25) is 0 Å². The van der Waals surface area contributed by atoms with Gasteiger partial charge in [0.25, 0.3) is 10.2 Å². The van der Waals surface area contributed by atoms with Crippen molar-refractivity contribution in [1.29, 1.82) is 0 Å². The molecule has 2 atom stereocenters. The summed E-state index contributed by atoms with van der Waals surface area (Å²) in [4.78, 5) is 2.14. The Morgan fingerprint density at radius 3 is 2.67 bits per heavy atom. The van der Waals surface area contributed by atoms with E-state index >= 15 is 0 Å². The molecule has 2 aliphatic heterocycles. The molecule has 7 heteroatoms. The average Bonchev–Trinajstić information content (AvgIpc) is 2.74. The predicted octanol–water partition coefficient (Wildman–Crippen LogP) is -0.662. The minimum atomic E-state index is -3.37. The number of hydrogen-bond donors (Lipinski definition) is 2. The summed E-state index contributed by atoms with van der Waals surface area (Å²) in [6.45, 7) is 2.75. The van der Waals surface area contributed by atoms with Gasteiger partial charge in [0.05, 0.1) is 0 Å². The van der Waals surface area contributed by atoms with Gasteiger partial charge >= 0.3 is 0 Å². The second-order valence-electron chi connectivity index (χ2n) is 5.37. The zero-order valence-electron chi connectivity index (χ0n) is 11.0. The van der Waals surface area contributed by atoms with E-state index in [4.69, 9.17) is 5.73 Å². The lowest BCUT2D eigenvalue weighted by Crippen LogP contribution is -2.53. The first-order valence-corrected chi connectivity index (χ1v) is 8.14. The van der Waals surface area contributed by atoms with Crippen LogP contribution < -0.4 is 10.5 Å². The molecule has 0 radical (unpaired) electrons. The Balaban J connectivity index is 2.00. The Bertz CT molecular complexity index is 373. The van der Waals surface area contributed by atoms with Crippen molar-refractivity contribution in [2.24, 2.45) is 5.73 Å². The van der Waals surface area contributed by atoms with Crippen LogP contribution in [0.15, 0.2) is 0 Å². The molecule has 0 aromatic rings. The number of likely N-dealkylation sites (tertiary alicyclic amines) is 1. The van der Waals surface area contributed by atoms with E-state index < -0.39 is 10.2 Å². The second kappa shape index (κ2) is 5.83. The van der Waals surface area contributed by atoms with Gasteiger partial charge < -0.3 is 10.6 Å². The lowest BCUT2D eigenvalue weighted by molar-refractivity contribution is 0.253. The maximum Gasteiger partial charge on any atom is 0.280 e.